The van der Waals surface area contributed by atoms with E-state index < -0.39 is 0 Å². The molecule has 1 aliphatic heterocycles. The molecule has 0 spiro atoms. The number of nitrogens with zero attached hydrogens (tertiary/aromatic N) is 4. The summed E-state index contributed by atoms with van der Waals surface area (Å²) in [5.41, 5.74) is 10.2. The zero-order valence-corrected chi connectivity index (χ0v) is 20.0. The van der Waals surface area contributed by atoms with Gasteiger partial charge in [0.2, 0.25) is 0 Å². The lowest BCUT2D eigenvalue weighted by Gasteiger charge is -2.31. The molecule has 0 saturated carbocycles. The van der Waals surface area contributed by atoms with E-state index in [4.69, 9.17) is 20.3 Å². The number of nitrogens with two attached hydrogens (primary N) is 1. The van der Waals surface area contributed by atoms with Crippen LogP contribution >= 0.6 is 0 Å². The summed E-state index contributed by atoms with van der Waals surface area (Å²) in [6.07, 6.45) is 5.24. The van der Waals surface area contributed by atoms with Crippen LogP contribution in [0.3, 0.4) is 0 Å². The molecular formula is C26H30FN5O3. The minimum Gasteiger partial charge on any atom is -0.465 e. The fraction of sp³-hybridized carbons (Fsp3) is 0.346. The zero-order chi connectivity index (χ0) is 24.8. The van der Waals surface area contributed by atoms with E-state index in [2.05, 4.69) is 10.1 Å². The maximum absolute atomic E-state index is 12.9. The van der Waals surface area contributed by atoms with Crippen molar-refractivity contribution in [2.75, 3.05) is 20.2 Å². The number of ether oxygens (including phenoxy) is 1. The first-order valence-electron chi connectivity index (χ1n) is 11.6. The Morgan fingerprint density at radius 2 is 1.97 bits per heavy atom. The van der Waals surface area contributed by atoms with E-state index in [-0.39, 0.29) is 24.3 Å². The molecule has 35 heavy (non-hydrogen) atoms. The van der Waals surface area contributed by atoms with E-state index in [0.717, 1.165) is 60.6 Å². The SMILES string of the molecule is COC(=O)c1ccc2nc(CN3CCC(/C(N)=C/C=N/OCc4ccc(F)cc4)CC3)n(C)c2c1. The third kappa shape index (κ3) is 6.05. The number of likely N-dealkylation sites (tertiary alicyclic amines) is 1. The molecule has 2 heterocycles. The van der Waals surface area contributed by atoms with Gasteiger partial charge in [-0.1, -0.05) is 17.3 Å². The summed E-state index contributed by atoms with van der Waals surface area (Å²) in [6.45, 7) is 2.82. The Labute approximate surface area is 203 Å². The molecule has 3 aromatic rings. The van der Waals surface area contributed by atoms with Crippen LogP contribution in [-0.4, -0.2) is 46.8 Å². The predicted molar refractivity (Wildman–Crippen MR) is 132 cm³/mol. The van der Waals surface area contributed by atoms with Gasteiger partial charge in [0.05, 0.1) is 36.5 Å². The van der Waals surface area contributed by atoms with Crippen LogP contribution in [0.5, 0.6) is 0 Å². The van der Waals surface area contributed by atoms with Crippen molar-refractivity contribution in [1.82, 2.24) is 14.5 Å². The Morgan fingerprint density at radius 1 is 1.23 bits per heavy atom. The summed E-state index contributed by atoms with van der Waals surface area (Å²) in [5, 5.41) is 3.92. The highest BCUT2D eigenvalue weighted by Crippen LogP contribution is 2.24. The van der Waals surface area contributed by atoms with Crippen molar-refractivity contribution in [2.45, 2.75) is 26.0 Å². The molecule has 9 heteroatoms. The summed E-state index contributed by atoms with van der Waals surface area (Å²) in [5.74, 6) is 0.612. The minimum absolute atomic E-state index is 0.273. The molecule has 184 valence electrons. The van der Waals surface area contributed by atoms with Gasteiger partial charge in [0.25, 0.3) is 0 Å². The predicted octanol–water partition coefficient (Wildman–Crippen LogP) is 3.76. The standard InChI is InChI=1S/C26H30FN5O3/c1-31-24-15-20(26(33)34-2)5-8-23(24)30-25(31)16-32-13-10-19(11-14-32)22(28)9-12-29-35-17-18-3-6-21(27)7-4-18/h3-9,12,15,19H,10-11,13-14,16-17,28H2,1-2H3/b22-9-,29-12+. The van der Waals surface area contributed by atoms with Crippen molar-refractivity contribution in [3.05, 3.63) is 77.0 Å². The van der Waals surface area contributed by atoms with Crippen molar-refractivity contribution in [3.8, 4) is 0 Å². The molecule has 1 aromatic heterocycles. The summed E-state index contributed by atoms with van der Waals surface area (Å²) >= 11 is 0. The van der Waals surface area contributed by atoms with Crippen LogP contribution in [0.1, 0.15) is 34.6 Å². The number of allylic oxidation sites excluding steroid dienone is 2. The number of aryl methyl sites for hydroxylation is 1. The Kier molecular flexibility index (Phi) is 7.77. The highest BCUT2D eigenvalue weighted by Gasteiger charge is 2.22. The van der Waals surface area contributed by atoms with Crippen LogP contribution in [0, 0.1) is 11.7 Å². The van der Waals surface area contributed by atoms with Gasteiger partial charge in [0.15, 0.2) is 0 Å². The molecular weight excluding hydrogens is 449 g/mol. The van der Waals surface area contributed by atoms with Crippen molar-refractivity contribution in [3.63, 3.8) is 0 Å². The number of hydrogen-bond donors (Lipinski definition) is 1. The van der Waals surface area contributed by atoms with Crippen LogP contribution < -0.4 is 5.73 Å². The van der Waals surface area contributed by atoms with Crippen LogP contribution in [-0.2, 0) is 29.8 Å². The Hall–Kier alpha value is -3.72. The maximum Gasteiger partial charge on any atom is 0.337 e. The van der Waals surface area contributed by atoms with E-state index in [1.807, 2.05) is 23.7 Å². The molecule has 0 atom stereocenters. The second-order valence-corrected chi connectivity index (χ2v) is 8.65. The van der Waals surface area contributed by atoms with Gasteiger partial charge in [-0.15, -0.1) is 0 Å². The zero-order valence-electron chi connectivity index (χ0n) is 20.0. The largest absolute Gasteiger partial charge is 0.465 e. The number of fused-ring (bicyclic) bond motifs is 1. The summed E-state index contributed by atoms with van der Waals surface area (Å²) < 4.78 is 19.8. The average Bonchev–Trinajstić information content (AvgIpc) is 3.19. The lowest BCUT2D eigenvalue weighted by Crippen LogP contribution is -2.35. The maximum atomic E-state index is 12.9. The summed E-state index contributed by atoms with van der Waals surface area (Å²) in [6, 6.07) is 11.5. The van der Waals surface area contributed by atoms with Gasteiger partial charge in [-0.05, 0) is 67.9 Å². The van der Waals surface area contributed by atoms with Gasteiger partial charge in [-0.2, -0.15) is 0 Å². The average molecular weight is 480 g/mol. The molecule has 2 aromatic carbocycles. The van der Waals surface area contributed by atoms with Crippen molar-refractivity contribution < 1.29 is 18.8 Å². The first-order valence-corrected chi connectivity index (χ1v) is 11.6. The fourth-order valence-electron chi connectivity index (χ4n) is 4.24. The van der Waals surface area contributed by atoms with E-state index >= 15 is 0 Å². The molecule has 0 unspecified atom stereocenters. The normalized spacial score (nSPS) is 15.7. The van der Waals surface area contributed by atoms with Gasteiger partial charge >= 0.3 is 5.97 Å². The number of aromatic nitrogens is 2. The highest BCUT2D eigenvalue weighted by atomic mass is 19.1. The van der Waals surface area contributed by atoms with Crippen molar-refractivity contribution in [1.29, 1.82) is 0 Å². The second-order valence-electron chi connectivity index (χ2n) is 8.65. The summed E-state index contributed by atoms with van der Waals surface area (Å²) in [4.78, 5) is 24.2. The second kappa shape index (κ2) is 11.1. The number of methoxy groups -OCH3 is 1. The lowest BCUT2D eigenvalue weighted by atomic mass is 9.93. The van der Waals surface area contributed by atoms with Gasteiger partial charge in [0, 0.05) is 18.7 Å². The smallest absolute Gasteiger partial charge is 0.337 e. The van der Waals surface area contributed by atoms with E-state index in [9.17, 15) is 9.18 Å². The van der Waals surface area contributed by atoms with Crippen LogP contribution in [0.4, 0.5) is 4.39 Å². The number of halogens is 1. The molecule has 0 amide bonds. The van der Waals surface area contributed by atoms with Gasteiger partial charge in [0.1, 0.15) is 18.2 Å². The number of piperidine rings is 1. The Bertz CT molecular complexity index is 1230. The molecule has 8 nitrogen and oxygen atoms in total. The molecule has 1 saturated heterocycles. The number of oxime groups is 1. The summed E-state index contributed by atoms with van der Waals surface area (Å²) in [7, 11) is 3.35. The topological polar surface area (TPSA) is 95.0 Å². The first-order chi connectivity index (χ1) is 16.9. The van der Waals surface area contributed by atoms with Gasteiger partial charge < -0.3 is 19.9 Å². The first kappa shape index (κ1) is 24.4. The highest BCUT2D eigenvalue weighted by molar-refractivity contribution is 5.93. The molecule has 0 bridgehead atoms. The van der Waals surface area contributed by atoms with E-state index in [0.29, 0.717) is 5.56 Å². The molecule has 0 aliphatic carbocycles. The number of carbonyl (C=O) groups is 1. The minimum atomic E-state index is -0.355. The number of imidazole rings is 1. The Morgan fingerprint density at radius 3 is 2.69 bits per heavy atom. The number of benzene rings is 2. The number of carbonyl (C=O) groups excluding carboxylic acids is 1. The molecule has 1 fully saturated rings. The van der Waals surface area contributed by atoms with E-state index in [1.165, 1.54) is 19.2 Å². The number of hydrogen-bond acceptors (Lipinski definition) is 7. The fourth-order valence-corrected chi connectivity index (χ4v) is 4.24. The van der Waals surface area contributed by atoms with E-state index in [1.54, 1.807) is 30.5 Å². The van der Waals surface area contributed by atoms with Gasteiger partial charge in [-0.25, -0.2) is 14.2 Å². The number of rotatable bonds is 8. The van der Waals surface area contributed by atoms with Gasteiger partial charge in [-0.3, -0.25) is 4.90 Å². The molecule has 1 aliphatic rings. The monoisotopic (exact) mass is 479 g/mol. The van der Waals surface area contributed by atoms with Crippen LogP contribution in [0.2, 0.25) is 0 Å². The van der Waals surface area contributed by atoms with Crippen molar-refractivity contribution >= 4 is 23.2 Å². The lowest BCUT2D eigenvalue weighted by molar-refractivity contribution is 0.0601. The molecule has 0 radical (unpaired) electrons. The molecule has 2 N–H and O–H groups in total. The Balaban J connectivity index is 1.27. The molecule has 4 rings (SSSR count). The third-order valence-corrected chi connectivity index (χ3v) is 6.37. The number of esters is 1. The quantitative estimate of drug-likeness (QED) is 0.300. The van der Waals surface area contributed by atoms with Crippen LogP contribution in [0.25, 0.3) is 11.0 Å². The van der Waals surface area contributed by atoms with Crippen LogP contribution in [0.15, 0.2) is 59.4 Å². The third-order valence-electron chi connectivity index (χ3n) is 6.37. The van der Waals surface area contributed by atoms with Crippen molar-refractivity contribution in [2.24, 2.45) is 23.9 Å².